The summed E-state index contributed by atoms with van der Waals surface area (Å²) in [4.78, 5) is 19.4. The second kappa shape index (κ2) is 9.19. The maximum Gasteiger partial charge on any atom is 0.231 e. The molecule has 1 amide bonds. The van der Waals surface area contributed by atoms with Crippen molar-refractivity contribution < 1.29 is 9.53 Å². The molecule has 0 saturated carbocycles. The molecule has 2 aliphatic heterocycles. The summed E-state index contributed by atoms with van der Waals surface area (Å²) in [5, 5.41) is 0.699. The first-order chi connectivity index (χ1) is 11.6. The predicted molar refractivity (Wildman–Crippen MR) is 104 cm³/mol. The van der Waals surface area contributed by atoms with Crippen LogP contribution in [0.5, 0.6) is 0 Å². The van der Waals surface area contributed by atoms with Gasteiger partial charge in [0.1, 0.15) is 6.23 Å². The Labute approximate surface area is 161 Å². The second-order valence-electron chi connectivity index (χ2n) is 6.62. The summed E-state index contributed by atoms with van der Waals surface area (Å²) < 4.78 is 5.38. The van der Waals surface area contributed by atoms with Crippen LogP contribution in [0.3, 0.4) is 0 Å². The Morgan fingerprint density at radius 1 is 1.16 bits per heavy atom. The van der Waals surface area contributed by atoms with Gasteiger partial charge in [0.25, 0.3) is 0 Å². The number of benzene rings is 1. The summed E-state index contributed by atoms with van der Waals surface area (Å²) in [6.07, 6.45) is 1.09. The van der Waals surface area contributed by atoms with Crippen LogP contribution >= 0.6 is 24.0 Å². The third-order valence-corrected chi connectivity index (χ3v) is 5.45. The summed E-state index contributed by atoms with van der Waals surface area (Å²) in [5.41, 5.74) is 0.950. The molecule has 3 rings (SSSR count). The number of piperazine rings is 1. The molecule has 0 radical (unpaired) electrons. The highest BCUT2D eigenvalue weighted by Crippen LogP contribution is 2.27. The molecule has 0 spiro atoms. The summed E-state index contributed by atoms with van der Waals surface area (Å²) >= 11 is 5.93. The van der Waals surface area contributed by atoms with Gasteiger partial charge >= 0.3 is 0 Å². The molecule has 1 aromatic carbocycles. The molecule has 2 fully saturated rings. The molecular weight excluding hydrogens is 361 g/mol. The maximum atomic E-state index is 12.7. The van der Waals surface area contributed by atoms with Gasteiger partial charge in [0.05, 0.1) is 5.92 Å². The Balaban J connectivity index is 0.00000225. The zero-order chi connectivity index (χ0) is 17.1. The highest BCUT2D eigenvalue weighted by molar-refractivity contribution is 6.30. The number of anilines is 1. The molecule has 140 valence electrons. The molecule has 7 heteroatoms. The molecule has 2 saturated heterocycles. The fourth-order valence-electron chi connectivity index (χ4n) is 3.56. The van der Waals surface area contributed by atoms with Gasteiger partial charge in [-0.25, -0.2) is 0 Å². The Kier molecular flexibility index (Phi) is 7.52. The molecule has 2 unspecified atom stereocenters. The second-order valence-corrected chi connectivity index (χ2v) is 7.06. The lowest BCUT2D eigenvalue weighted by Gasteiger charge is -2.38. The van der Waals surface area contributed by atoms with Gasteiger partial charge in [-0.2, -0.15) is 0 Å². The van der Waals surface area contributed by atoms with Gasteiger partial charge in [-0.05, 0) is 37.6 Å². The van der Waals surface area contributed by atoms with E-state index in [9.17, 15) is 4.79 Å². The SMILES string of the molecule is COC(C)N1CCN(CC2CCN(c3ccc(Cl)cc3)C2=O)CC1.Cl. The minimum atomic E-state index is 0. The monoisotopic (exact) mass is 387 g/mol. The van der Waals surface area contributed by atoms with Crippen molar-refractivity contribution in [1.82, 2.24) is 9.80 Å². The lowest BCUT2D eigenvalue weighted by atomic mass is 10.1. The van der Waals surface area contributed by atoms with Gasteiger partial charge in [0.2, 0.25) is 5.91 Å². The van der Waals surface area contributed by atoms with Crippen molar-refractivity contribution in [2.45, 2.75) is 19.6 Å². The van der Waals surface area contributed by atoms with E-state index in [1.54, 1.807) is 7.11 Å². The first-order valence-electron chi connectivity index (χ1n) is 8.64. The number of nitrogens with zero attached hydrogens (tertiary/aromatic N) is 3. The van der Waals surface area contributed by atoms with Crippen molar-refractivity contribution in [3.05, 3.63) is 29.3 Å². The van der Waals surface area contributed by atoms with Crippen LogP contribution in [0.25, 0.3) is 0 Å². The van der Waals surface area contributed by atoms with E-state index in [0.29, 0.717) is 5.02 Å². The average molecular weight is 388 g/mol. The normalized spacial score (nSPS) is 23.6. The van der Waals surface area contributed by atoms with E-state index in [-0.39, 0.29) is 30.5 Å². The van der Waals surface area contributed by atoms with E-state index in [1.165, 1.54) is 0 Å². The first kappa shape index (κ1) is 20.5. The van der Waals surface area contributed by atoms with E-state index in [0.717, 1.165) is 51.4 Å². The number of carbonyl (C=O) groups is 1. The summed E-state index contributed by atoms with van der Waals surface area (Å²) in [7, 11) is 1.75. The van der Waals surface area contributed by atoms with Gasteiger partial charge in [-0.15, -0.1) is 12.4 Å². The van der Waals surface area contributed by atoms with Crippen LogP contribution < -0.4 is 4.90 Å². The molecule has 1 aromatic rings. The van der Waals surface area contributed by atoms with Crippen molar-refractivity contribution in [2.24, 2.45) is 5.92 Å². The standard InChI is InChI=1S/C18H26ClN3O2.ClH/c1-14(24-2)21-11-9-20(10-12-21)13-15-7-8-22(18(15)23)17-5-3-16(19)4-6-17;/h3-6,14-15H,7-13H2,1-2H3;1H. The lowest BCUT2D eigenvalue weighted by Crippen LogP contribution is -2.51. The first-order valence-corrected chi connectivity index (χ1v) is 9.02. The zero-order valence-electron chi connectivity index (χ0n) is 14.9. The summed E-state index contributed by atoms with van der Waals surface area (Å²) in [5.74, 6) is 0.345. The Morgan fingerprint density at radius 2 is 1.80 bits per heavy atom. The van der Waals surface area contributed by atoms with Gasteiger partial charge in [0, 0.05) is 57.1 Å². The minimum Gasteiger partial charge on any atom is -0.367 e. The van der Waals surface area contributed by atoms with Crippen LogP contribution in [0, 0.1) is 5.92 Å². The fraction of sp³-hybridized carbons (Fsp3) is 0.611. The highest BCUT2D eigenvalue weighted by atomic mass is 35.5. The van der Waals surface area contributed by atoms with E-state index in [2.05, 4.69) is 16.7 Å². The lowest BCUT2D eigenvalue weighted by molar-refractivity contribution is -0.121. The maximum absolute atomic E-state index is 12.7. The number of hydrogen-bond acceptors (Lipinski definition) is 4. The van der Waals surface area contributed by atoms with Crippen LogP contribution in [0.1, 0.15) is 13.3 Å². The average Bonchev–Trinajstić information content (AvgIpc) is 2.96. The molecule has 2 aliphatic rings. The highest BCUT2D eigenvalue weighted by Gasteiger charge is 2.34. The van der Waals surface area contributed by atoms with Crippen LogP contribution in [-0.2, 0) is 9.53 Å². The molecule has 2 atom stereocenters. The van der Waals surface area contributed by atoms with Crippen molar-refractivity contribution in [3.63, 3.8) is 0 Å². The van der Waals surface area contributed by atoms with Gasteiger partial charge in [-0.1, -0.05) is 11.6 Å². The van der Waals surface area contributed by atoms with E-state index >= 15 is 0 Å². The van der Waals surface area contributed by atoms with Crippen molar-refractivity contribution in [3.8, 4) is 0 Å². The largest absolute Gasteiger partial charge is 0.367 e. The van der Waals surface area contributed by atoms with Gasteiger partial charge in [-0.3, -0.25) is 14.6 Å². The van der Waals surface area contributed by atoms with Crippen molar-refractivity contribution in [2.75, 3.05) is 51.3 Å². The van der Waals surface area contributed by atoms with Crippen LogP contribution in [0.2, 0.25) is 5.02 Å². The molecular formula is C18H27Cl2N3O2. The van der Waals surface area contributed by atoms with Crippen LogP contribution in [-0.4, -0.2) is 68.3 Å². The third kappa shape index (κ3) is 4.86. The number of hydrogen-bond donors (Lipinski definition) is 0. The Bertz CT molecular complexity index is 562. The predicted octanol–water partition coefficient (Wildman–Crippen LogP) is 2.72. The van der Waals surface area contributed by atoms with E-state index in [4.69, 9.17) is 16.3 Å². The van der Waals surface area contributed by atoms with Crippen molar-refractivity contribution in [1.29, 1.82) is 0 Å². The minimum absolute atomic E-state index is 0. The molecule has 5 nitrogen and oxygen atoms in total. The van der Waals surface area contributed by atoms with Gasteiger partial charge in [0.15, 0.2) is 0 Å². The summed E-state index contributed by atoms with van der Waals surface area (Å²) in [6.45, 7) is 7.73. The number of methoxy groups -OCH3 is 1. The number of halogens is 2. The Morgan fingerprint density at radius 3 is 2.40 bits per heavy atom. The molecule has 0 N–H and O–H groups in total. The molecule has 0 aromatic heterocycles. The number of ether oxygens (including phenoxy) is 1. The fourth-order valence-corrected chi connectivity index (χ4v) is 3.68. The molecule has 2 heterocycles. The molecule has 0 aliphatic carbocycles. The third-order valence-electron chi connectivity index (χ3n) is 5.20. The van der Waals surface area contributed by atoms with Crippen molar-refractivity contribution >= 4 is 35.6 Å². The Hall–Kier alpha value is -0.850. The van der Waals surface area contributed by atoms with Crippen LogP contribution in [0.15, 0.2) is 24.3 Å². The molecule has 25 heavy (non-hydrogen) atoms. The quantitative estimate of drug-likeness (QED) is 0.777. The number of rotatable bonds is 5. The number of carbonyl (C=O) groups excluding carboxylic acids is 1. The van der Waals surface area contributed by atoms with E-state index < -0.39 is 0 Å². The topological polar surface area (TPSA) is 36.0 Å². The van der Waals surface area contributed by atoms with E-state index in [1.807, 2.05) is 29.2 Å². The smallest absolute Gasteiger partial charge is 0.231 e. The van der Waals surface area contributed by atoms with Gasteiger partial charge < -0.3 is 9.64 Å². The zero-order valence-corrected chi connectivity index (χ0v) is 16.4. The van der Waals surface area contributed by atoms with Crippen LogP contribution in [0.4, 0.5) is 5.69 Å². The summed E-state index contributed by atoms with van der Waals surface area (Å²) in [6, 6.07) is 7.53. The molecule has 0 bridgehead atoms. The number of amides is 1.